The Morgan fingerprint density at radius 3 is 2.50 bits per heavy atom. The second-order valence-electron chi connectivity index (χ2n) is 8.72. The molecule has 8 nitrogen and oxygen atoms in total. The van der Waals surface area contributed by atoms with Crippen LogP contribution < -0.4 is 25.0 Å². The summed E-state index contributed by atoms with van der Waals surface area (Å²) in [6.45, 7) is 4.65. The lowest BCUT2D eigenvalue weighted by atomic mass is 10.1. The molecule has 1 aliphatic rings. The van der Waals surface area contributed by atoms with E-state index in [1.54, 1.807) is 43.5 Å². The molecule has 4 rings (SSSR count). The minimum absolute atomic E-state index is 0.0290. The van der Waals surface area contributed by atoms with Crippen molar-refractivity contribution in [1.29, 1.82) is 0 Å². The number of nitrogens with one attached hydrogen (secondary N) is 2. The minimum Gasteiger partial charge on any atom is -0.495 e. The van der Waals surface area contributed by atoms with Crippen LogP contribution in [0.2, 0.25) is 0 Å². The summed E-state index contributed by atoms with van der Waals surface area (Å²) in [6.07, 6.45) is -0.0290. The highest BCUT2D eigenvalue weighted by Gasteiger charge is 2.25. The lowest BCUT2D eigenvalue weighted by Gasteiger charge is -2.37. The van der Waals surface area contributed by atoms with E-state index in [0.29, 0.717) is 29.2 Å². The molecule has 8 heteroatoms. The zero-order valence-corrected chi connectivity index (χ0v) is 20.9. The summed E-state index contributed by atoms with van der Waals surface area (Å²) in [6, 6.07) is 22.1. The summed E-state index contributed by atoms with van der Waals surface area (Å²) in [5.74, 6) is 1.08. The molecule has 0 saturated carbocycles. The lowest BCUT2D eigenvalue weighted by Crippen LogP contribution is -2.46. The van der Waals surface area contributed by atoms with E-state index in [0.717, 1.165) is 24.5 Å². The van der Waals surface area contributed by atoms with E-state index in [9.17, 15) is 9.59 Å². The van der Waals surface area contributed by atoms with Crippen LogP contribution in [0.1, 0.15) is 17.3 Å². The molecule has 1 atom stereocenters. The molecule has 2 amide bonds. The van der Waals surface area contributed by atoms with Crippen LogP contribution in [0.4, 0.5) is 17.1 Å². The lowest BCUT2D eigenvalue weighted by molar-refractivity contribution is -0.117. The van der Waals surface area contributed by atoms with Gasteiger partial charge < -0.3 is 25.0 Å². The third kappa shape index (κ3) is 6.14. The summed E-state index contributed by atoms with van der Waals surface area (Å²) in [7, 11) is 3.46. The van der Waals surface area contributed by atoms with E-state index in [1.165, 1.54) is 0 Å². The third-order valence-corrected chi connectivity index (χ3v) is 6.02. The van der Waals surface area contributed by atoms with Crippen LogP contribution in [0, 0.1) is 0 Å². The molecule has 1 heterocycles. The second-order valence-corrected chi connectivity index (χ2v) is 8.72. The first-order chi connectivity index (χ1) is 17.5. The Bertz CT molecular complexity index is 1200. The molecule has 2 N–H and O–H groups in total. The van der Waals surface area contributed by atoms with Gasteiger partial charge in [-0.1, -0.05) is 24.3 Å². The molecular formula is C28H32N4O4. The highest BCUT2D eigenvalue weighted by Crippen LogP contribution is 2.32. The number of rotatable bonds is 9. The van der Waals surface area contributed by atoms with Gasteiger partial charge >= 0.3 is 0 Å². The van der Waals surface area contributed by atoms with E-state index < -0.39 is 0 Å². The first kappa shape index (κ1) is 25.1. The molecule has 0 fully saturated rings. The topological polar surface area (TPSA) is 83.1 Å². The number of para-hydroxylation sites is 4. The Balaban J connectivity index is 1.28. The van der Waals surface area contributed by atoms with Crippen LogP contribution in [0.3, 0.4) is 0 Å². The molecule has 0 saturated heterocycles. The zero-order chi connectivity index (χ0) is 25.5. The number of methoxy groups -OCH3 is 1. The Kier molecular flexibility index (Phi) is 8.07. The summed E-state index contributed by atoms with van der Waals surface area (Å²) in [4.78, 5) is 29.5. The molecular weight excluding hydrogens is 456 g/mol. The van der Waals surface area contributed by atoms with E-state index in [2.05, 4.69) is 28.5 Å². The summed E-state index contributed by atoms with van der Waals surface area (Å²) in [5, 5.41) is 5.74. The maximum atomic E-state index is 12.6. The van der Waals surface area contributed by atoms with Gasteiger partial charge in [0.25, 0.3) is 5.91 Å². The fourth-order valence-corrected chi connectivity index (χ4v) is 4.28. The molecule has 0 aliphatic carbocycles. The van der Waals surface area contributed by atoms with Crippen molar-refractivity contribution in [3.63, 3.8) is 0 Å². The van der Waals surface area contributed by atoms with Gasteiger partial charge in [0.05, 0.1) is 31.6 Å². The summed E-state index contributed by atoms with van der Waals surface area (Å²) in [5.41, 5.74) is 2.81. The molecule has 1 aliphatic heterocycles. The van der Waals surface area contributed by atoms with E-state index >= 15 is 0 Å². The fourth-order valence-electron chi connectivity index (χ4n) is 4.28. The SMILES string of the molecule is CCN1CC(CN(C)CC(=O)Nc2ccc(C(=O)Nc3ccccc3OC)cc2)Oc2ccccc21. The molecule has 3 aromatic carbocycles. The van der Waals surface area contributed by atoms with Crippen molar-refractivity contribution in [2.45, 2.75) is 13.0 Å². The van der Waals surface area contributed by atoms with Crippen LogP contribution in [0.15, 0.2) is 72.8 Å². The van der Waals surface area contributed by atoms with Crippen LogP contribution in [-0.2, 0) is 4.79 Å². The van der Waals surface area contributed by atoms with Gasteiger partial charge in [-0.3, -0.25) is 14.5 Å². The second kappa shape index (κ2) is 11.6. The predicted molar refractivity (Wildman–Crippen MR) is 142 cm³/mol. The molecule has 3 aromatic rings. The van der Waals surface area contributed by atoms with Gasteiger partial charge in [0.1, 0.15) is 17.6 Å². The number of benzene rings is 3. The third-order valence-electron chi connectivity index (χ3n) is 6.02. The highest BCUT2D eigenvalue weighted by atomic mass is 16.5. The monoisotopic (exact) mass is 488 g/mol. The van der Waals surface area contributed by atoms with Gasteiger partial charge in [0.2, 0.25) is 5.91 Å². The number of hydrogen-bond donors (Lipinski definition) is 2. The van der Waals surface area contributed by atoms with Gasteiger partial charge in [0.15, 0.2) is 0 Å². The van der Waals surface area contributed by atoms with Gasteiger partial charge in [0, 0.05) is 24.3 Å². The van der Waals surface area contributed by atoms with Gasteiger partial charge in [-0.05, 0) is 62.5 Å². The smallest absolute Gasteiger partial charge is 0.255 e. The number of fused-ring (bicyclic) bond motifs is 1. The van der Waals surface area contributed by atoms with Gasteiger partial charge in [-0.15, -0.1) is 0 Å². The number of anilines is 3. The van der Waals surface area contributed by atoms with Crippen molar-refractivity contribution in [2.75, 3.05) is 55.9 Å². The van der Waals surface area contributed by atoms with Gasteiger partial charge in [-0.2, -0.15) is 0 Å². The van der Waals surface area contributed by atoms with Crippen molar-refractivity contribution in [3.8, 4) is 11.5 Å². The Hall–Kier alpha value is -4.04. The van der Waals surface area contributed by atoms with Crippen LogP contribution in [0.25, 0.3) is 0 Å². The molecule has 0 bridgehead atoms. The summed E-state index contributed by atoms with van der Waals surface area (Å²) >= 11 is 0. The van der Waals surface area contributed by atoms with Crippen LogP contribution in [-0.4, -0.2) is 63.2 Å². The molecule has 36 heavy (non-hydrogen) atoms. The Morgan fingerprint density at radius 2 is 1.75 bits per heavy atom. The normalized spacial score (nSPS) is 14.6. The van der Waals surface area contributed by atoms with Crippen molar-refractivity contribution in [3.05, 3.63) is 78.4 Å². The Morgan fingerprint density at radius 1 is 1.03 bits per heavy atom. The number of carbonyl (C=O) groups excluding carboxylic acids is 2. The quantitative estimate of drug-likeness (QED) is 0.472. The van der Waals surface area contributed by atoms with E-state index in [-0.39, 0.29) is 24.5 Å². The molecule has 0 aromatic heterocycles. The predicted octanol–water partition coefficient (Wildman–Crippen LogP) is 4.11. The number of amides is 2. The largest absolute Gasteiger partial charge is 0.495 e. The maximum Gasteiger partial charge on any atom is 0.255 e. The average Bonchev–Trinajstić information content (AvgIpc) is 2.88. The van der Waals surface area contributed by atoms with Crippen molar-refractivity contribution >= 4 is 28.9 Å². The van der Waals surface area contributed by atoms with Crippen LogP contribution >= 0.6 is 0 Å². The number of carbonyl (C=O) groups is 2. The van der Waals surface area contributed by atoms with Crippen molar-refractivity contribution in [2.24, 2.45) is 0 Å². The number of ether oxygens (including phenoxy) is 2. The highest BCUT2D eigenvalue weighted by molar-refractivity contribution is 6.05. The number of nitrogens with zero attached hydrogens (tertiary/aromatic N) is 2. The van der Waals surface area contributed by atoms with E-state index in [1.807, 2.05) is 42.3 Å². The van der Waals surface area contributed by atoms with Gasteiger partial charge in [-0.25, -0.2) is 0 Å². The van der Waals surface area contributed by atoms with E-state index in [4.69, 9.17) is 9.47 Å². The molecule has 0 radical (unpaired) electrons. The first-order valence-electron chi connectivity index (χ1n) is 12.0. The van der Waals surface area contributed by atoms with Crippen molar-refractivity contribution < 1.29 is 19.1 Å². The molecule has 1 unspecified atom stereocenters. The molecule has 0 spiro atoms. The fraction of sp³-hybridized carbons (Fsp3) is 0.286. The number of likely N-dealkylation sites (N-methyl/N-ethyl adjacent to an activating group) is 2. The van der Waals surface area contributed by atoms with Crippen LogP contribution in [0.5, 0.6) is 11.5 Å². The Labute approximate surface area is 211 Å². The summed E-state index contributed by atoms with van der Waals surface area (Å²) < 4.78 is 11.4. The average molecular weight is 489 g/mol. The van der Waals surface area contributed by atoms with Crippen molar-refractivity contribution in [1.82, 2.24) is 4.90 Å². The number of hydrogen-bond acceptors (Lipinski definition) is 6. The molecule has 188 valence electrons. The zero-order valence-electron chi connectivity index (χ0n) is 20.9. The maximum absolute atomic E-state index is 12.6. The first-order valence-corrected chi connectivity index (χ1v) is 12.0. The minimum atomic E-state index is -0.257. The standard InChI is InChI=1S/C28H32N4O4/c1-4-32-18-22(36-26-12-8-6-10-24(26)32)17-31(2)19-27(33)29-21-15-13-20(14-16-21)28(34)30-23-9-5-7-11-25(23)35-3/h5-16,22H,4,17-19H2,1-3H3,(H,29,33)(H,30,34).